The summed E-state index contributed by atoms with van der Waals surface area (Å²) >= 11 is 0. The molecule has 2 nitrogen and oxygen atoms in total. The maximum Gasteiger partial charge on any atom is 0.133 e. The average molecular weight is 153 g/mol. The number of carbonyl (C=O) groups excluding carboxylic acids is 1. The van der Waals surface area contributed by atoms with E-state index >= 15 is 0 Å². The van der Waals surface area contributed by atoms with Gasteiger partial charge in [0.1, 0.15) is 5.78 Å². The highest BCUT2D eigenvalue weighted by atomic mass is 16.1. The Morgan fingerprint density at radius 2 is 2.18 bits per heavy atom. The van der Waals surface area contributed by atoms with Crippen molar-refractivity contribution in [2.75, 3.05) is 13.1 Å². The normalized spacial score (nSPS) is 38.4. The number of hydrogen-bond acceptors (Lipinski definition) is 2. The van der Waals surface area contributed by atoms with Crippen molar-refractivity contribution in [1.29, 1.82) is 0 Å². The molecule has 1 heterocycles. The molecular formula is C9H15NO. The summed E-state index contributed by atoms with van der Waals surface area (Å²) in [6, 6.07) is 0. The van der Waals surface area contributed by atoms with Gasteiger partial charge in [0.15, 0.2) is 0 Å². The number of ketones is 1. The van der Waals surface area contributed by atoms with E-state index in [0.717, 1.165) is 44.2 Å². The molecule has 2 fully saturated rings. The van der Waals surface area contributed by atoms with E-state index in [2.05, 4.69) is 5.32 Å². The zero-order chi connectivity index (χ0) is 7.68. The van der Waals surface area contributed by atoms with E-state index in [4.69, 9.17) is 0 Å². The van der Waals surface area contributed by atoms with Crippen molar-refractivity contribution in [3.63, 3.8) is 0 Å². The van der Waals surface area contributed by atoms with Crippen LogP contribution in [0.3, 0.4) is 0 Å². The molecular weight excluding hydrogens is 138 g/mol. The fourth-order valence-electron chi connectivity index (χ4n) is 2.32. The summed E-state index contributed by atoms with van der Waals surface area (Å²) in [7, 11) is 0. The molecule has 2 aliphatic rings. The molecule has 0 amide bonds. The van der Waals surface area contributed by atoms with Gasteiger partial charge in [-0.3, -0.25) is 4.79 Å². The minimum atomic E-state index is 0.494. The average Bonchev–Trinajstić information content (AvgIpc) is 2.04. The van der Waals surface area contributed by atoms with Crippen molar-refractivity contribution in [3.05, 3.63) is 0 Å². The highest BCUT2D eigenvalue weighted by Gasteiger charge is 2.30. The highest BCUT2D eigenvalue weighted by molar-refractivity contribution is 5.79. The first-order valence-corrected chi connectivity index (χ1v) is 4.58. The number of carbonyl (C=O) groups is 1. The van der Waals surface area contributed by atoms with E-state index in [1.165, 1.54) is 6.42 Å². The van der Waals surface area contributed by atoms with Gasteiger partial charge < -0.3 is 5.32 Å². The second-order valence-corrected chi connectivity index (χ2v) is 3.79. The molecule has 0 aromatic heterocycles. The molecule has 2 unspecified atom stereocenters. The Morgan fingerprint density at radius 1 is 1.27 bits per heavy atom. The minimum absolute atomic E-state index is 0.494. The number of fused-ring (bicyclic) bond motifs is 1. The first-order valence-electron chi connectivity index (χ1n) is 4.58. The molecule has 1 aliphatic heterocycles. The summed E-state index contributed by atoms with van der Waals surface area (Å²) in [4.78, 5) is 11.1. The summed E-state index contributed by atoms with van der Waals surface area (Å²) in [5.74, 6) is 2.02. The van der Waals surface area contributed by atoms with Crippen molar-refractivity contribution in [2.45, 2.75) is 25.7 Å². The third-order valence-electron chi connectivity index (χ3n) is 3.05. The molecule has 2 heteroatoms. The quantitative estimate of drug-likeness (QED) is 0.561. The Labute approximate surface area is 67.4 Å². The van der Waals surface area contributed by atoms with Crippen molar-refractivity contribution >= 4 is 5.78 Å². The number of piperidine rings is 1. The van der Waals surface area contributed by atoms with Gasteiger partial charge in [-0.1, -0.05) is 0 Å². The van der Waals surface area contributed by atoms with Crippen LogP contribution in [0.2, 0.25) is 0 Å². The van der Waals surface area contributed by atoms with Crippen LogP contribution in [-0.4, -0.2) is 18.9 Å². The van der Waals surface area contributed by atoms with Gasteiger partial charge in [-0.25, -0.2) is 0 Å². The van der Waals surface area contributed by atoms with Crippen LogP contribution in [0, 0.1) is 11.8 Å². The fraction of sp³-hybridized carbons (Fsp3) is 0.889. The predicted molar refractivity (Wildman–Crippen MR) is 43.3 cm³/mol. The SMILES string of the molecule is O=C1CCC2CNCCC2C1. The van der Waals surface area contributed by atoms with E-state index < -0.39 is 0 Å². The van der Waals surface area contributed by atoms with Crippen LogP contribution in [-0.2, 0) is 4.79 Å². The van der Waals surface area contributed by atoms with E-state index in [9.17, 15) is 4.79 Å². The van der Waals surface area contributed by atoms with Crippen molar-refractivity contribution in [1.82, 2.24) is 5.32 Å². The van der Waals surface area contributed by atoms with Gasteiger partial charge in [0.05, 0.1) is 0 Å². The van der Waals surface area contributed by atoms with Gasteiger partial charge in [-0.2, -0.15) is 0 Å². The van der Waals surface area contributed by atoms with Gasteiger partial charge in [0.25, 0.3) is 0 Å². The van der Waals surface area contributed by atoms with Crippen LogP contribution in [0.4, 0.5) is 0 Å². The maximum absolute atomic E-state index is 11.1. The van der Waals surface area contributed by atoms with E-state index in [0.29, 0.717) is 5.78 Å². The Kier molecular flexibility index (Phi) is 1.95. The molecule has 0 radical (unpaired) electrons. The molecule has 0 bridgehead atoms. The summed E-state index contributed by atoms with van der Waals surface area (Å²) in [6.45, 7) is 2.27. The Morgan fingerprint density at radius 3 is 3.09 bits per heavy atom. The fourth-order valence-corrected chi connectivity index (χ4v) is 2.32. The molecule has 0 spiro atoms. The topological polar surface area (TPSA) is 29.1 Å². The highest BCUT2D eigenvalue weighted by Crippen LogP contribution is 2.31. The number of nitrogens with one attached hydrogen (secondary N) is 1. The summed E-state index contributed by atoms with van der Waals surface area (Å²) in [6.07, 6.45) is 4.06. The zero-order valence-electron chi connectivity index (χ0n) is 6.81. The van der Waals surface area contributed by atoms with E-state index in [1.54, 1.807) is 0 Å². The summed E-state index contributed by atoms with van der Waals surface area (Å²) in [5.41, 5.74) is 0. The summed E-state index contributed by atoms with van der Waals surface area (Å²) in [5, 5.41) is 3.39. The van der Waals surface area contributed by atoms with Crippen LogP contribution in [0.5, 0.6) is 0 Å². The predicted octanol–water partition coefficient (Wildman–Crippen LogP) is 0.965. The first-order chi connectivity index (χ1) is 5.36. The lowest BCUT2D eigenvalue weighted by Crippen LogP contribution is -2.40. The van der Waals surface area contributed by atoms with Crippen LogP contribution < -0.4 is 5.32 Å². The number of hydrogen-bond donors (Lipinski definition) is 1. The van der Waals surface area contributed by atoms with Gasteiger partial charge in [0, 0.05) is 12.8 Å². The van der Waals surface area contributed by atoms with Crippen LogP contribution in [0.25, 0.3) is 0 Å². The lowest BCUT2D eigenvalue weighted by atomic mass is 9.75. The van der Waals surface area contributed by atoms with Crippen LogP contribution in [0.15, 0.2) is 0 Å². The third-order valence-corrected chi connectivity index (χ3v) is 3.05. The monoisotopic (exact) mass is 153 g/mol. The van der Waals surface area contributed by atoms with Gasteiger partial charge in [-0.15, -0.1) is 0 Å². The first kappa shape index (κ1) is 7.29. The lowest BCUT2D eigenvalue weighted by Gasteiger charge is -2.35. The Bertz CT molecular complexity index is 167. The lowest BCUT2D eigenvalue weighted by molar-refractivity contribution is -0.123. The van der Waals surface area contributed by atoms with Crippen LogP contribution in [0.1, 0.15) is 25.7 Å². The smallest absolute Gasteiger partial charge is 0.133 e. The van der Waals surface area contributed by atoms with Crippen molar-refractivity contribution in [3.8, 4) is 0 Å². The molecule has 2 atom stereocenters. The summed E-state index contributed by atoms with van der Waals surface area (Å²) < 4.78 is 0. The zero-order valence-corrected chi connectivity index (χ0v) is 6.81. The second kappa shape index (κ2) is 2.94. The maximum atomic E-state index is 11.1. The second-order valence-electron chi connectivity index (χ2n) is 3.79. The molecule has 0 aromatic rings. The van der Waals surface area contributed by atoms with E-state index in [-0.39, 0.29) is 0 Å². The molecule has 0 aromatic carbocycles. The molecule has 1 saturated carbocycles. The molecule has 1 saturated heterocycles. The Hall–Kier alpha value is -0.370. The van der Waals surface area contributed by atoms with Crippen molar-refractivity contribution in [2.24, 2.45) is 11.8 Å². The van der Waals surface area contributed by atoms with Crippen molar-refractivity contribution < 1.29 is 4.79 Å². The minimum Gasteiger partial charge on any atom is -0.316 e. The van der Waals surface area contributed by atoms with Gasteiger partial charge in [0.2, 0.25) is 0 Å². The number of Topliss-reactive ketones (excluding diaryl/α,β-unsaturated/α-hetero) is 1. The third kappa shape index (κ3) is 1.45. The number of rotatable bonds is 0. The van der Waals surface area contributed by atoms with Crippen LogP contribution >= 0.6 is 0 Å². The standard InChI is InChI=1S/C9H15NO/c11-9-2-1-8-6-10-4-3-7(8)5-9/h7-8,10H,1-6H2. The Balaban J connectivity index is 1.98. The van der Waals surface area contributed by atoms with Gasteiger partial charge >= 0.3 is 0 Å². The van der Waals surface area contributed by atoms with Gasteiger partial charge in [-0.05, 0) is 37.8 Å². The molecule has 62 valence electrons. The van der Waals surface area contributed by atoms with E-state index in [1.807, 2.05) is 0 Å². The molecule has 11 heavy (non-hydrogen) atoms. The molecule has 1 N–H and O–H groups in total. The molecule has 1 aliphatic carbocycles. The largest absolute Gasteiger partial charge is 0.316 e. The molecule has 2 rings (SSSR count).